The van der Waals surface area contributed by atoms with E-state index in [2.05, 4.69) is 56.9 Å². The van der Waals surface area contributed by atoms with E-state index in [1.54, 1.807) is 0 Å². The van der Waals surface area contributed by atoms with Crippen molar-refractivity contribution in [1.29, 1.82) is 0 Å². The lowest BCUT2D eigenvalue weighted by molar-refractivity contribution is 0.126. The maximum absolute atomic E-state index is 6.17. The number of nitrogens with zero attached hydrogens (tertiary/aromatic N) is 4. The molecule has 2 fully saturated rings. The molecule has 150 valence electrons. The van der Waals surface area contributed by atoms with E-state index in [-0.39, 0.29) is 0 Å². The van der Waals surface area contributed by atoms with Crippen LogP contribution in [0.25, 0.3) is 0 Å². The van der Waals surface area contributed by atoms with Crippen molar-refractivity contribution in [2.45, 2.75) is 39.2 Å². The van der Waals surface area contributed by atoms with Crippen LogP contribution >= 0.6 is 0 Å². The molecule has 2 heterocycles. The molecule has 0 saturated carbocycles. The summed E-state index contributed by atoms with van der Waals surface area (Å²) >= 11 is 0. The molecule has 0 bridgehead atoms. The molecule has 5 heteroatoms. The van der Waals surface area contributed by atoms with Crippen LogP contribution in [0.15, 0.2) is 35.3 Å². The molecular weight excluding hydrogens is 334 g/mol. The SMILES string of the molecule is CC1CCCN(C(N)=NCCCCN2CCN(Cc3ccccc3)CC2)C1. The monoisotopic (exact) mass is 371 g/mol. The fraction of sp³-hybridized carbons (Fsp3) is 0.682. The minimum Gasteiger partial charge on any atom is -0.370 e. The van der Waals surface area contributed by atoms with Crippen LogP contribution in [0.1, 0.15) is 38.2 Å². The molecule has 0 spiro atoms. The molecule has 1 atom stereocenters. The minimum absolute atomic E-state index is 0.744. The van der Waals surface area contributed by atoms with Crippen LogP contribution in [0.4, 0.5) is 0 Å². The number of hydrogen-bond acceptors (Lipinski definition) is 3. The first-order chi connectivity index (χ1) is 13.2. The molecule has 3 rings (SSSR count). The largest absolute Gasteiger partial charge is 0.370 e. The molecule has 1 aromatic rings. The zero-order valence-corrected chi connectivity index (χ0v) is 17.0. The molecule has 0 aromatic heterocycles. The van der Waals surface area contributed by atoms with Gasteiger partial charge in [0, 0.05) is 52.4 Å². The van der Waals surface area contributed by atoms with E-state index in [9.17, 15) is 0 Å². The molecule has 1 aromatic carbocycles. The number of piperidine rings is 1. The molecule has 2 saturated heterocycles. The van der Waals surface area contributed by atoms with Crippen LogP contribution in [-0.4, -0.2) is 73.0 Å². The zero-order valence-electron chi connectivity index (χ0n) is 17.0. The predicted octanol–water partition coefficient (Wildman–Crippen LogP) is 2.63. The van der Waals surface area contributed by atoms with Crippen molar-refractivity contribution >= 4 is 5.96 Å². The third kappa shape index (κ3) is 6.82. The van der Waals surface area contributed by atoms with E-state index in [0.717, 1.165) is 44.5 Å². The third-order valence-electron chi connectivity index (χ3n) is 5.85. The minimum atomic E-state index is 0.744. The number of nitrogens with two attached hydrogens (primary N) is 1. The average molecular weight is 372 g/mol. The summed E-state index contributed by atoms with van der Waals surface area (Å²) in [6.07, 6.45) is 4.91. The van der Waals surface area contributed by atoms with Gasteiger partial charge < -0.3 is 15.5 Å². The van der Waals surface area contributed by atoms with E-state index in [1.807, 2.05) is 0 Å². The number of aliphatic imine (C=N–C) groups is 1. The summed E-state index contributed by atoms with van der Waals surface area (Å²) in [5.41, 5.74) is 7.60. The van der Waals surface area contributed by atoms with Crippen LogP contribution in [0.5, 0.6) is 0 Å². The van der Waals surface area contributed by atoms with E-state index in [0.29, 0.717) is 0 Å². The average Bonchev–Trinajstić information content (AvgIpc) is 2.69. The number of unbranched alkanes of at least 4 members (excludes halogenated alkanes) is 1. The Balaban J connectivity index is 1.26. The summed E-state index contributed by atoms with van der Waals surface area (Å²) in [6, 6.07) is 10.8. The second-order valence-corrected chi connectivity index (χ2v) is 8.24. The topological polar surface area (TPSA) is 48.1 Å². The van der Waals surface area contributed by atoms with Crippen molar-refractivity contribution < 1.29 is 0 Å². The van der Waals surface area contributed by atoms with Gasteiger partial charge in [0.25, 0.3) is 0 Å². The Bertz CT molecular complexity index is 565. The van der Waals surface area contributed by atoms with Gasteiger partial charge in [-0.25, -0.2) is 0 Å². The van der Waals surface area contributed by atoms with Gasteiger partial charge >= 0.3 is 0 Å². The third-order valence-corrected chi connectivity index (χ3v) is 5.85. The summed E-state index contributed by atoms with van der Waals surface area (Å²) < 4.78 is 0. The van der Waals surface area contributed by atoms with Gasteiger partial charge in [-0.05, 0) is 43.7 Å². The molecule has 2 aliphatic rings. The molecule has 2 aliphatic heterocycles. The molecular formula is C22H37N5. The van der Waals surface area contributed by atoms with Crippen molar-refractivity contribution in [1.82, 2.24) is 14.7 Å². The first-order valence-corrected chi connectivity index (χ1v) is 10.7. The number of benzene rings is 1. The van der Waals surface area contributed by atoms with E-state index in [1.165, 1.54) is 57.5 Å². The Morgan fingerprint density at radius 1 is 1.04 bits per heavy atom. The highest BCUT2D eigenvalue weighted by molar-refractivity contribution is 5.78. The lowest BCUT2D eigenvalue weighted by Crippen LogP contribution is -2.46. The number of guanidine groups is 1. The predicted molar refractivity (Wildman–Crippen MR) is 114 cm³/mol. The second kappa shape index (κ2) is 10.7. The number of rotatable bonds is 7. The highest BCUT2D eigenvalue weighted by Gasteiger charge is 2.18. The lowest BCUT2D eigenvalue weighted by Gasteiger charge is -2.34. The maximum Gasteiger partial charge on any atom is 0.191 e. The van der Waals surface area contributed by atoms with Gasteiger partial charge in [-0.1, -0.05) is 37.3 Å². The number of likely N-dealkylation sites (tertiary alicyclic amines) is 1. The fourth-order valence-corrected chi connectivity index (χ4v) is 4.15. The Labute approximate surface area is 165 Å². The van der Waals surface area contributed by atoms with E-state index < -0.39 is 0 Å². The molecule has 0 radical (unpaired) electrons. The van der Waals surface area contributed by atoms with Crippen molar-refractivity contribution in [2.24, 2.45) is 16.6 Å². The molecule has 27 heavy (non-hydrogen) atoms. The van der Waals surface area contributed by atoms with Crippen LogP contribution < -0.4 is 5.73 Å². The molecule has 1 unspecified atom stereocenters. The van der Waals surface area contributed by atoms with Crippen LogP contribution in [0, 0.1) is 5.92 Å². The van der Waals surface area contributed by atoms with Crippen molar-refractivity contribution in [2.75, 3.05) is 52.4 Å². The summed E-state index contributed by atoms with van der Waals surface area (Å²) in [6.45, 7) is 12.3. The van der Waals surface area contributed by atoms with Crippen LogP contribution in [0.3, 0.4) is 0 Å². The van der Waals surface area contributed by atoms with Gasteiger partial charge in [0.1, 0.15) is 0 Å². The zero-order chi connectivity index (χ0) is 18.9. The van der Waals surface area contributed by atoms with Gasteiger partial charge in [0.05, 0.1) is 0 Å². The van der Waals surface area contributed by atoms with Crippen LogP contribution in [0.2, 0.25) is 0 Å². The highest BCUT2D eigenvalue weighted by Crippen LogP contribution is 2.15. The Morgan fingerprint density at radius 3 is 2.52 bits per heavy atom. The van der Waals surface area contributed by atoms with E-state index >= 15 is 0 Å². The quantitative estimate of drug-likeness (QED) is 0.455. The fourth-order valence-electron chi connectivity index (χ4n) is 4.15. The smallest absolute Gasteiger partial charge is 0.191 e. The van der Waals surface area contributed by atoms with Gasteiger partial charge in [-0.3, -0.25) is 9.89 Å². The first-order valence-electron chi connectivity index (χ1n) is 10.7. The lowest BCUT2D eigenvalue weighted by atomic mass is 10.0. The van der Waals surface area contributed by atoms with Gasteiger partial charge in [-0.15, -0.1) is 0 Å². The van der Waals surface area contributed by atoms with E-state index in [4.69, 9.17) is 5.73 Å². The Morgan fingerprint density at radius 2 is 1.78 bits per heavy atom. The van der Waals surface area contributed by atoms with Crippen molar-refractivity contribution in [3.63, 3.8) is 0 Å². The number of hydrogen-bond donors (Lipinski definition) is 1. The van der Waals surface area contributed by atoms with Gasteiger partial charge in [0.2, 0.25) is 0 Å². The number of piperazine rings is 1. The molecule has 0 amide bonds. The second-order valence-electron chi connectivity index (χ2n) is 8.24. The summed E-state index contributed by atoms with van der Waals surface area (Å²) in [5, 5.41) is 0. The maximum atomic E-state index is 6.17. The van der Waals surface area contributed by atoms with Crippen LogP contribution in [-0.2, 0) is 6.54 Å². The summed E-state index contributed by atoms with van der Waals surface area (Å²) in [7, 11) is 0. The molecule has 2 N–H and O–H groups in total. The van der Waals surface area contributed by atoms with Crippen molar-refractivity contribution in [3.8, 4) is 0 Å². The first kappa shape index (κ1) is 20.2. The normalized spacial score (nSPS) is 22.9. The van der Waals surface area contributed by atoms with Gasteiger partial charge in [-0.2, -0.15) is 0 Å². The molecule has 0 aliphatic carbocycles. The molecule has 5 nitrogen and oxygen atoms in total. The van der Waals surface area contributed by atoms with Crippen molar-refractivity contribution in [3.05, 3.63) is 35.9 Å². The standard InChI is InChI=1S/C22H37N5/c1-20-8-7-13-27(18-20)22(23)24-11-5-6-12-25-14-16-26(17-15-25)19-21-9-3-2-4-10-21/h2-4,9-10,20H,5-8,11-19H2,1H3,(H2,23,24). The Hall–Kier alpha value is -1.59. The Kier molecular flexibility index (Phi) is 7.96. The summed E-state index contributed by atoms with van der Waals surface area (Å²) in [5.74, 6) is 1.50. The van der Waals surface area contributed by atoms with Gasteiger partial charge in [0.15, 0.2) is 5.96 Å². The highest BCUT2D eigenvalue weighted by atomic mass is 15.3. The summed E-state index contributed by atoms with van der Waals surface area (Å²) in [4.78, 5) is 12.0.